The van der Waals surface area contributed by atoms with Crippen LogP contribution in [-0.4, -0.2) is 29.9 Å². The average Bonchev–Trinajstić information content (AvgIpc) is 2.65. The number of nitrogens with one attached hydrogen (secondary N) is 2. The fourth-order valence-electron chi connectivity index (χ4n) is 1.13. The Morgan fingerprint density at radius 2 is 2.23 bits per heavy atom. The first-order valence-electron chi connectivity index (χ1n) is 4.10. The molecule has 0 aromatic heterocycles. The summed E-state index contributed by atoms with van der Waals surface area (Å²) in [5, 5.41) is 2.53. The number of hydrazine groups is 1. The SMILES string of the molecule is NNC(=O)C(=O)NCC1CCSC1. The van der Waals surface area contributed by atoms with Gasteiger partial charge in [0.25, 0.3) is 0 Å². The molecule has 1 unspecified atom stereocenters. The Bertz CT molecular complexity index is 204. The first-order chi connectivity index (χ1) is 6.24. The molecule has 1 saturated heterocycles. The van der Waals surface area contributed by atoms with Crippen LogP contribution >= 0.6 is 11.8 Å². The molecule has 1 aliphatic heterocycles. The third-order valence-corrected chi connectivity index (χ3v) is 3.14. The van der Waals surface area contributed by atoms with Crippen molar-refractivity contribution in [2.75, 3.05) is 18.1 Å². The summed E-state index contributed by atoms with van der Waals surface area (Å²) in [6.07, 6.45) is 1.11. The molecule has 0 aliphatic carbocycles. The minimum Gasteiger partial charge on any atom is -0.347 e. The van der Waals surface area contributed by atoms with Crippen molar-refractivity contribution < 1.29 is 9.59 Å². The Morgan fingerprint density at radius 3 is 2.77 bits per heavy atom. The van der Waals surface area contributed by atoms with Gasteiger partial charge in [0.1, 0.15) is 0 Å². The molecule has 0 radical (unpaired) electrons. The van der Waals surface area contributed by atoms with E-state index < -0.39 is 11.8 Å². The second-order valence-electron chi connectivity index (χ2n) is 2.91. The third kappa shape index (κ3) is 3.23. The van der Waals surface area contributed by atoms with Crippen LogP contribution in [-0.2, 0) is 9.59 Å². The Morgan fingerprint density at radius 1 is 1.46 bits per heavy atom. The molecule has 1 atom stereocenters. The highest BCUT2D eigenvalue weighted by Crippen LogP contribution is 2.22. The molecule has 1 heterocycles. The largest absolute Gasteiger partial charge is 0.347 e. The van der Waals surface area contributed by atoms with Crippen molar-refractivity contribution in [1.29, 1.82) is 0 Å². The van der Waals surface area contributed by atoms with Gasteiger partial charge in [-0.1, -0.05) is 0 Å². The molecule has 1 rings (SSSR count). The van der Waals surface area contributed by atoms with Gasteiger partial charge in [-0.05, 0) is 23.8 Å². The fraction of sp³-hybridized carbons (Fsp3) is 0.714. The number of hydrogen-bond acceptors (Lipinski definition) is 4. The molecule has 74 valence electrons. The standard InChI is InChI=1S/C7H13N3O2S/c8-10-7(12)6(11)9-3-5-1-2-13-4-5/h5H,1-4,8H2,(H,9,11)(H,10,12). The van der Waals surface area contributed by atoms with Crippen molar-refractivity contribution in [3.63, 3.8) is 0 Å². The quantitative estimate of drug-likeness (QED) is 0.229. The summed E-state index contributed by atoms with van der Waals surface area (Å²) in [6.45, 7) is 0.569. The van der Waals surface area contributed by atoms with Crippen LogP contribution in [0.3, 0.4) is 0 Å². The van der Waals surface area contributed by atoms with E-state index >= 15 is 0 Å². The summed E-state index contributed by atoms with van der Waals surface area (Å²) in [7, 11) is 0. The summed E-state index contributed by atoms with van der Waals surface area (Å²) in [5.41, 5.74) is 1.78. The number of rotatable bonds is 2. The van der Waals surface area contributed by atoms with E-state index in [1.165, 1.54) is 0 Å². The van der Waals surface area contributed by atoms with Crippen LogP contribution in [0, 0.1) is 5.92 Å². The molecule has 13 heavy (non-hydrogen) atoms. The van der Waals surface area contributed by atoms with Gasteiger partial charge in [0.15, 0.2) is 0 Å². The normalized spacial score (nSPS) is 21.2. The lowest BCUT2D eigenvalue weighted by Crippen LogP contribution is -2.44. The van der Waals surface area contributed by atoms with E-state index in [1.54, 1.807) is 5.43 Å². The van der Waals surface area contributed by atoms with Crippen LogP contribution in [0.5, 0.6) is 0 Å². The van der Waals surface area contributed by atoms with Crippen LogP contribution in [0.4, 0.5) is 0 Å². The molecular formula is C7H13N3O2S. The number of nitrogens with two attached hydrogens (primary N) is 1. The van der Waals surface area contributed by atoms with Gasteiger partial charge in [0.05, 0.1) is 0 Å². The maximum atomic E-state index is 10.9. The molecule has 1 fully saturated rings. The monoisotopic (exact) mass is 203 g/mol. The molecule has 4 N–H and O–H groups in total. The highest BCUT2D eigenvalue weighted by molar-refractivity contribution is 7.99. The van der Waals surface area contributed by atoms with Gasteiger partial charge in [0, 0.05) is 6.54 Å². The fourth-order valence-corrected chi connectivity index (χ4v) is 2.41. The number of carbonyl (C=O) groups excluding carboxylic acids is 2. The Labute approximate surface area is 80.8 Å². The van der Waals surface area contributed by atoms with E-state index in [9.17, 15) is 9.59 Å². The predicted molar refractivity (Wildman–Crippen MR) is 50.8 cm³/mol. The van der Waals surface area contributed by atoms with Crippen molar-refractivity contribution >= 4 is 23.6 Å². The molecule has 2 amide bonds. The third-order valence-electron chi connectivity index (χ3n) is 1.91. The number of amides is 2. The van der Waals surface area contributed by atoms with E-state index in [2.05, 4.69) is 5.32 Å². The van der Waals surface area contributed by atoms with Gasteiger partial charge >= 0.3 is 11.8 Å². The first-order valence-corrected chi connectivity index (χ1v) is 5.26. The zero-order valence-electron chi connectivity index (χ0n) is 7.21. The lowest BCUT2D eigenvalue weighted by atomic mass is 10.1. The second-order valence-corrected chi connectivity index (χ2v) is 4.06. The Hall–Kier alpha value is -0.750. The van der Waals surface area contributed by atoms with Gasteiger partial charge in [-0.15, -0.1) is 0 Å². The van der Waals surface area contributed by atoms with Crippen molar-refractivity contribution in [2.45, 2.75) is 6.42 Å². The highest BCUT2D eigenvalue weighted by atomic mass is 32.2. The van der Waals surface area contributed by atoms with Crippen LogP contribution in [0.2, 0.25) is 0 Å². The summed E-state index contributed by atoms with van der Waals surface area (Å²) >= 11 is 1.87. The number of carbonyl (C=O) groups is 2. The molecule has 0 aromatic rings. The second kappa shape index (κ2) is 5.08. The lowest BCUT2D eigenvalue weighted by molar-refractivity contribution is -0.139. The minimum absolute atomic E-state index is 0.500. The van der Waals surface area contributed by atoms with Crippen molar-refractivity contribution in [3.8, 4) is 0 Å². The summed E-state index contributed by atoms with van der Waals surface area (Å²) in [5.74, 6) is 6.05. The molecule has 0 spiro atoms. The molecule has 0 saturated carbocycles. The van der Waals surface area contributed by atoms with Gasteiger partial charge in [-0.25, -0.2) is 5.84 Å². The maximum Gasteiger partial charge on any atom is 0.323 e. The zero-order chi connectivity index (χ0) is 9.68. The first kappa shape index (κ1) is 10.3. The number of hydrogen-bond donors (Lipinski definition) is 3. The lowest BCUT2D eigenvalue weighted by Gasteiger charge is -2.08. The molecule has 1 aliphatic rings. The summed E-state index contributed by atoms with van der Waals surface area (Å²) in [4.78, 5) is 21.6. The van der Waals surface area contributed by atoms with Crippen molar-refractivity contribution in [3.05, 3.63) is 0 Å². The molecule has 6 heteroatoms. The molecular weight excluding hydrogens is 190 g/mol. The van der Waals surface area contributed by atoms with E-state index in [-0.39, 0.29) is 0 Å². The topological polar surface area (TPSA) is 84.2 Å². The smallest absolute Gasteiger partial charge is 0.323 e. The minimum atomic E-state index is -0.786. The van der Waals surface area contributed by atoms with Gasteiger partial charge in [0.2, 0.25) is 0 Å². The van der Waals surface area contributed by atoms with E-state index in [0.717, 1.165) is 17.9 Å². The van der Waals surface area contributed by atoms with E-state index in [0.29, 0.717) is 12.5 Å². The van der Waals surface area contributed by atoms with Gasteiger partial charge in [-0.2, -0.15) is 11.8 Å². The highest BCUT2D eigenvalue weighted by Gasteiger charge is 2.18. The van der Waals surface area contributed by atoms with Crippen LogP contribution in [0.15, 0.2) is 0 Å². The van der Waals surface area contributed by atoms with E-state index in [1.807, 2.05) is 11.8 Å². The Kier molecular flexibility index (Phi) is 4.04. The van der Waals surface area contributed by atoms with Crippen molar-refractivity contribution in [1.82, 2.24) is 10.7 Å². The van der Waals surface area contributed by atoms with Crippen LogP contribution in [0.25, 0.3) is 0 Å². The van der Waals surface area contributed by atoms with Crippen LogP contribution in [0.1, 0.15) is 6.42 Å². The van der Waals surface area contributed by atoms with Crippen LogP contribution < -0.4 is 16.6 Å². The van der Waals surface area contributed by atoms with E-state index in [4.69, 9.17) is 5.84 Å². The molecule has 5 nitrogen and oxygen atoms in total. The summed E-state index contributed by atoms with van der Waals surface area (Å²) < 4.78 is 0. The molecule has 0 bridgehead atoms. The van der Waals surface area contributed by atoms with Crippen molar-refractivity contribution in [2.24, 2.45) is 11.8 Å². The Balaban J connectivity index is 2.17. The zero-order valence-corrected chi connectivity index (χ0v) is 8.02. The summed E-state index contributed by atoms with van der Waals surface area (Å²) in [6, 6.07) is 0. The maximum absolute atomic E-state index is 10.9. The number of thioether (sulfide) groups is 1. The average molecular weight is 203 g/mol. The predicted octanol–water partition coefficient (Wildman–Crippen LogP) is -1.15. The molecule has 0 aromatic carbocycles. The van der Waals surface area contributed by atoms with Gasteiger partial charge in [-0.3, -0.25) is 15.0 Å². The van der Waals surface area contributed by atoms with Gasteiger partial charge < -0.3 is 5.32 Å².